The monoisotopic (exact) mass is 503 g/mol. The Morgan fingerprint density at radius 3 is 1.82 bits per heavy atom. The molecule has 1 aromatic carbocycles. The van der Waals surface area contributed by atoms with Crippen LogP contribution in [0, 0.1) is 0 Å². The van der Waals surface area contributed by atoms with Crippen molar-refractivity contribution in [3.8, 4) is 11.1 Å². The zero-order valence-corrected chi connectivity index (χ0v) is 15.2. The van der Waals surface area contributed by atoms with Crippen LogP contribution in [0.2, 0.25) is 5.15 Å². The van der Waals surface area contributed by atoms with Crippen LogP contribution >= 0.6 is 27.5 Å². The van der Waals surface area contributed by atoms with Gasteiger partial charge >= 0.3 is 24.2 Å². The minimum atomic E-state index is -6.63. The number of alkyl halides is 10. The number of hydrogen-bond donors (Lipinski definition) is 0. The predicted molar refractivity (Wildman–Crippen MR) is 82.3 cm³/mol. The summed E-state index contributed by atoms with van der Waals surface area (Å²) in [6.45, 7) is 0. The quantitative estimate of drug-likeness (QED) is 0.305. The molecule has 2 aromatic rings. The van der Waals surface area contributed by atoms with Crippen LogP contribution in [0.5, 0.6) is 0 Å². The Bertz CT molecular complexity index is 874. The van der Waals surface area contributed by atoms with Gasteiger partial charge in [-0.25, -0.2) is 9.37 Å². The van der Waals surface area contributed by atoms with Crippen LogP contribution in [-0.4, -0.2) is 17.3 Å². The number of nitrogens with zero attached hydrogens (tertiary/aromatic N) is 1. The van der Waals surface area contributed by atoms with E-state index in [-0.39, 0.29) is 6.07 Å². The molecular weight excluding hydrogens is 500 g/mol. The lowest BCUT2D eigenvalue weighted by atomic mass is 9.86. The highest BCUT2D eigenvalue weighted by Gasteiger charge is 2.74. The van der Waals surface area contributed by atoms with E-state index in [1.165, 1.54) is 0 Å². The third kappa shape index (κ3) is 3.80. The third-order valence-corrected chi connectivity index (χ3v) is 4.52. The normalized spacial score (nSPS) is 13.7. The summed E-state index contributed by atoms with van der Waals surface area (Å²) in [5.74, 6) is 0. The topological polar surface area (TPSA) is 12.9 Å². The second-order valence-electron chi connectivity index (χ2n) is 5.37. The Balaban J connectivity index is 3.06. The number of benzene rings is 1. The van der Waals surface area contributed by atoms with E-state index in [1.54, 1.807) is 0 Å². The van der Waals surface area contributed by atoms with Gasteiger partial charge in [-0.05, 0) is 24.3 Å². The zero-order valence-electron chi connectivity index (χ0n) is 12.9. The number of pyridine rings is 1. The summed E-state index contributed by atoms with van der Waals surface area (Å²) in [5, 5.41) is -0.643. The van der Waals surface area contributed by atoms with E-state index in [9.17, 15) is 43.9 Å². The van der Waals surface area contributed by atoms with Crippen LogP contribution in [0.15, 0.2) is 34.9 Å². The fourth-order valence-electron chi connectivity index (χ4n) is 2.35. The molecule has 1 nitrogen and oxygen atoms in total. The van der Waals surface area contributed by atoms with Crippen LogP contribution in [0.4, 0.5) is 43.9 Å². The highest BCUT2D eigenvalue weighted by Crippen LogP contribution is 2.57. The summed E-state index contributed by atoms with van der Waals surface area (Å²) in [6, 6.07) is 1.62. The molecule has 0 aliphatic rings. The number of rotatable bonds is 2. The first-order valence-corrected chi connectivity index (χ1v) is 8.03. The minimum absolute atomic E-state index is 0.218. The molecule has 2 rings (SSSR count). The van der Waals surface area contributed by atoms with Crippen molar-refractivity contribution in [2.75, 3.05) is 0 Å². The maximum Gasteiger partial charge on any atom is 0.435 e. The van der Waals surface area contributed by atoms with E-state index in [0.29, 0.717) is 0 Å². The van der Waals surface area contributed by atoms with Gasteiger partial charge in [-0.15, -0.1) is 0 Å². The Labute approximate surface area is 163 Å². The maximum atomic E-state index is 14.7. The van der Waals surface area contributed by atoms with Gasteiger partial charge in [0.25, 0.3) is 0 Å². The highest BCUT2D eigenvalue weighted by molar-refractivity contribution is 9.10. The SMILES string of the molecule is FC(F)(F)c1cc(Br)c(-c2cccnc2Cl)c(C(F)(C(F)(F)F)C(F)(F)F)c1. The predicted octanol–water partition coefficient (Wildman–Crippen LogP) is 7.47. The van der Waals surface area contributed by atoms with Crippen molar-refractivity contribution in [3.05, 3.63) is 51.2 Å². The zero-order chi connectivity index (χ0) is 21.7. The lowest BCUT2D eigenvalue weighted by Crippen LogP contribution is -2.50. The van der Waals surface area contributed by atoms with Crippen LogP contribution in [0.25, 0.3) is 11.1 Å². The van der Waals surface area contributed by atoms with Gasteiger partial charge in [0, 0.05) is 27.4 Å². The largest absolute Gasteiger partial charge is 0.435 e. The van der Waals surface area contributed by atoms with Crippen LogP contribution in [-0.2, 0) is 11.8 Å². The molecule has 0 bridgehead atoms. The summed E-state index contributed by atoms with van der Waals surface area (Å²) in [7, 11) is 0. The van der Waals surface area contributed by atoms with Gasteiger partial charge in [-0.3, -0.25) is 0 Å². The summed E-state index contributed by atoms with van der Waals surface area (Å²) in [4.78, 5) is 3.45. The van der Waals surface area contributed by atoms with Crippen molar-refractivity contribution < 1.29 is 43.9 Å². The molecule has 0 spiro atoms. The fourth-order valence-corrected chi connectivity index (χ4v) is 3.24. The van der Waals surface area contributed by atoms with Gasteiger partial charge in [0.05, 0.1) is 5.56 Å². The molecule has 0 radical (unpaired) electrons. The molecule has 0 atom stereocenters. The van der Waals surface area contributed by atoms with Gasteiger partial charge in [-0.1, -0.05) is 27.5 Å². The number of halogens is 12. The minimum Gasteiger partial charge on any atom is -0.244 e. The lowest BCUT2D eigenvalue weighted by molar-refractivity contribution is -0.348. The molecule has 13 heteroatoms. The van der Waals surface area contributed by atoms with Crippen molar-refractivity contribution in [1.29, 1.82) is 0 Å². The Morgan fingerprint density at radius 2 is 1.39 bits per heavy atom. The molecule has 0 fully saturated rings. The molecule has 0 amide bonds. The molecule has 0 unspecified atom stereocenters. The third-order valence-electron chi connectivity index (χ3n) is 3.60. The Hall–Kier alpha value is -1.56. The Kier molecular flexibility index (Phi) is 5.72. The van der Waals surface area contributed by atoms with E-state index >= 15 is 0 Å². The molecule has 0 aliphatic heterocycles. The summed E-state index contributed by atoms with van der Waals surface area (Å²) < 4.78 is 132. The Morgan fingerprint density at radius 1 is 0.857 bits per heavy atom. The van der Waals surface area contributed by atoms with Crippen molar-refractivity contribution in [2.45, 2.75) is 24.2 Å². The molecule has 0 saturated carbocycles. The fraction of sp³-hybridized carbons (Fsp3) is 0.267. The van der Waals surface area contributed by atoms with Gasteiger partial charge < -0.3 is 0 Å². The molecule has 1 heterocycles. The van der Waals surface area contributed by atoms with E-state index < -0.39 is 62.1 Å². The van der Waals surface area contributed by atoms with Crippen molar-refractivity contribution in [3.63, 3.8) is 0 Å². The second-order valence-corrected chi connectivity index (χ2v) is 6.59. The number of aromatic nitrogens is 1. The van der Waals surface area contributed by atoms with E-state index in [4.69, 9.17) is 11.6 Å². The first kappa shape index (κ1) is 22.7. The highest BCUT2D eigenvalue weighted by atomic mass is 79.9. The average molecular weight is 505 g/mol. The first-order valence-electron chi connectivity index (χ1n) is 6.86. The first-order chi connectivity index (χ1) is 12.5. The van der Waals surface area contributed by atoms with Crippen molar-refractivity contribution in [2.24, 2.45) is 0 Å². The van der Waals surface area contributed by atoms with Crippen LogP contribution in [0.3, 0.4) is 0 Å². The lowest BCUT2D eigenvalue weighted by Gasteiger charge is -2.33. The van der Waals surface area contributed by atoms with Crippen LogP contribution < -0.4 is 0 Å². The molecule has 28 heavy (non-hydrogen) atoms. The molecule has 0 saturated heterocycles. The van der Waals surface area contributed by atoms with Gasteiger partial charge in [0.1, 0.15) is 5.15 Å². The maximum absolute atomic E-state index is 14.7. The molecular formula is C15H5BrClF10N. The summed E-state index contributed by atoms with van der Waals surface area (Å²) in [5.41, 5.74) is -12.1. The summed E-state index contributed by atoms with van der Waals surface area (Å²) in [6.07, 6.45) is -17.6. The molecule has 154 valence electrons. The van der Waals surface area contributed by atoms with E-state index in [2.05, 4.69) is 20.9 Å². The molecule has 0 N–H and O–H groups in total. The smallest absolute Gasteiger partial charge is 0.244 e. The van der Waals surface area contributed by atoms with Crippen molar-refractivity contribution in [1.82, 2.24) is 4.98 Å². The second kappa shape index (κ2) is 7.05. The van der Waals surface area contributed by atoms with Gasteiger partial charge in [0.2, 0.25) is 0 Å². The standard InChI is InChI=1S/C15H5BrClF10N/c16-9-5-6(13(19,20)21)4-8(10(9)7-2-1-3-28-11(7)17)12(18,14(22,23)24)15(25,26)27/h1-5H. The molecule has 1 aromatic heterocycles. The van der Waals surface area contributed by atoms with Crippen molar-refractivity contribution >= 4 is 27.5 Å². The average Bonchev–Trinajstić information content (AvgIpc) is 2.51. The number of hydrogen-bond acceptors (Lipinski definition) is 1. The van der Waals surface area contributed by atoms with Gasteiger partial charge in [0.15, 0.2) is 0 Å². The van der Waals surface area contributed by atoms with E-state index in [1.807, 2.05) is 0 Å². The van der Waals surface area contributed by atoms with Gasteiger partial charge in [-0.2, -0.15) is 39.5 Å². The van der Waals surface area contributed by atoms with E-state index in [0.717, 1.165) is 18.3 Å². The summed E-state index contributed by atoms with van der Waals surface area (Å²) >= 11 is 8.17. The van der Waals surface area contributed by atoms with Crippen LogP contribution in [0.1, 0.15) is 11.1 Å². The molecule has 0 aliphatic carbocycles.